The van der Waals surface area contributed by atoms with Crippen molar-refractivity contribution in [1.82, 2.24) is 4.57 Å². The Morgan fingerprint density at radius 1 is 0.771 bits per heavy atom. The monoisotopic (exact) mass is 456 g/mol. The fourth-order valence-corrected chi connectivity index (χ4v) is 5.06. The van der Waals surface area contributed by atoms with Gasteiger partial charge in [0.2, 0.25) is 0 Å². The van der Waals surface area contributed by atoms with E-state index >= 15 is 0 Å². The molecule has 5 rings (SSSR count). The Hall–Kier alpha value is -4.29. The van der Waals surface area contributed by atoms with Gasteiger partial charge in [0.15, 0.2) is 0 Å². The van der Waals surface area contributed by atoms with E-state index in [-0.39, 0.29) is 5.75 Å². The van der Waals surface area contributed by atoms with E-state index in [0.717, 1.165) is 34.3 Å². The molecule has 1 atom stereocenters. The first-order chi connectivity index (χ1) is 16.9. The summed E-state index contributed by atoms with van der Waals surface area (Å²) in [5, 5.41) is 21.9. The molecule has 0 aliphatic heterocycles. The van der Waals surface area contributed by atoms with E-state index in [1.807, 2.05) is 49.4 Å². The van der Waals surface area contributed by atoms with E-state index in [9.17, 15) is 10.4 Å². The van der Waals surface area contributed by atoms with Crippen molar-refractivity contribution >= 4 is 10.9 Å². The number of aryl methyl sites for hydroxylation is 2. The van der Waals surface area contributed by atoms with Crippen molar-refractivity contribution in [2.45, 2.75) is 32.7 Å². The molecule has 35 heavy (non-hydrogen) atoms. The van der Waals surface area contributed by atoms with Gasteiger partial charge >= 0.3 is 0 Å². The predicted octanol–water partition coefficient (Wildman–Crippen LogP) is 7.18. The Bertz CT molecular complexity index is 1490. The van der Waals surface area contributed by atoms with Crippen LogP contribution in [0.25, 0.3) is 10.9 Å². The molecule has 0 amide bonds. The average molecular weight is 457 g/mol. The minimum absolute atomic E-state index is 0.183. The molecule has 5 aromatic rings. The summed E-state index contributed by atoms with van der Waals surface area (Å²) in [4.78, 5) is 0. The number of benzene rings is 4. The summed E-state index contributed by atoms with van der Waals surface area (Å²) in [5.74, 6) is 0.183. The fraction of sp³-hybridized carbons (Fsp3) is 0.156. The van der Waals surface area contributed by atoms with Crippen molar-refractivity contribution < 1.29 is 5.11 Å². The molecule has 0 saturated carbocycles. The van der Waals surface area contributed by atoms with Gasteiger partial charge in [0, 0.05) is 23.1 Å². The molecule has 1 unspecified atom stereocenters. The third-order valence-corrected chi connectivity index (χ3v) is 7.21. The first-order valence-electron chi connectivity index (χ1n) is 11.9. The number of rotatable bonds is 5. The normalized spacial score (nSPS) is 12.9. The first-order valence-corrected chi connectivity index (χ1v) is 11.9. The quantitative estimate of drug-likeness (QED) is 0.285. The number of nitriles is 1. The molecule has 3 nitrogen and oxygen atoms in total. The highest BCUT2D eigenvalue weighted by Gasteiger charge is 2.37. The van der Waals surface area contributed by atoms with E-state index in [4.69, 9.17) is 0 Å². The van der Waals surface area contributed by atoms with Gasteiger partial charge in [-0.3, -0.25) is 0 Å². The zero-order valence-corrected chi connectivity index (χ0v) is 20.3. The number of phenolic OH excluding ortho intramolecular Hbond substituents is 1. The largest absolute Gasteiger partial charge is 0.508 e. The van der Waals surface area contributed by atoms with Crippen LogP contribution in [0.4, 0.5) is 0 Å². The van der Waals surface area contributed by atoms with Crippen molar-refractivity contribution in [2.75, 3.05) is 0 Å². The molecule has 172 valence electrons. The predicted molar refractivity (Wildman–Crippen MR) is 142 cm³/mol. The van der Waals surface area contributed by atoms with Crippen molar-refractivity contribution in [3.05, 3.63) is 136 Å². The van der Waals surface area contributed by atoms with Gasteiger partial charge in [0.05, 0.1) is 6.07 Å². The van der Waals surface area contributed by atoms with Gasteiger partial charge in [0.1, 0.15) is 11.2 Å². The lowest BCUT2D eigenvalue weighted by molar-refractivity contribution is 0.475. The third kappa shape index (κ3) is 3.78. The third-order valence-electron chi connectivity index (χ3n) is 7.21. The number of hydrogen-bond donors (Lipinski definition) is 1. The minimum Gasteiger partial charge on any atom is -0.508 e. The van der Waals surface area contributed by atoms with Crippen molar-refractivity contribution in [3.63, 3.8) is 0 Å². The van der Waals surface area contributed by atoms with Gasteiger partial charge in [-0.1, -0.05) is 84.4 Å². The second-order valence-electron chi connectivity index (χ2n) is 9.29. The molecule has 0 bridgehead atoms. The first kappa shape index (κ1) is 22.5. The molecular weight excluding hydrogens is 428 g/mol. The Morgan fingerprint density at radius 2 is 1.37 bits per heavy atom. The number of fused-ring (bicyclic) bond motifs is 1. The SMILES string of the molecule is Cc1ccc(C(C#N)(c2ccc(O)cc2)c2ccc3c(C)c(C)n(Cc4ccccc4)c3c2)cc1. The highest BCUT2D eigenvalue weighted by molar-refractivity contribution is 5.87. The summed E-state index contributed by atoms with van der Waals surface area (Å²) >= 11 is 0. The number of hydrogen-bond acceptors (Lipinski definition) is 2. The van der Waals surface area contributed by atoms with Crippen LogP contribution in [-0.2, 0) is 12.0 Å². The molecule has 0 fully saturated rings. The fourth-order valence-electron chi connectivity index (χ4n) is 5.06. The average Bonchev–Trinajstić information content (AvgIpc) is 3.12. The molecule has 3 heteroatoms. The minimum atomic E-state index is -1.01. The standard InChI is InChI=1S/C32H28N2O/c1-22-9-11-26(12-10-22)32(21-33,27-13-16-29(35)17-14-27)28-15-18-30-23(2)24(3)34(31(30)19-28)20-25-7-5-4-6-8-25/h4-19,35H,20H2,1-3H3. The van der Waals surface area contributed by atoms with E-state index in [2.05, 4.69) is 66.9 Å². The topological polar surface area (TPSA) is 48.9 Å². The summed E-state index contributed by atoms with van der Waals surface area (Å²) in [6.07, 6.45) is 0. The lowest BCUT2D eigenvalue weighted by atomic mass is 9.70. The van der Waals surface area contributed by atoms with Crippen LogP contribution in [0.1, 0.15) is 39.1 Å². The lowest BCUT2D eigenvalue weighted by Gasteiger charge is -2.29. The number of aromatic hydroxyl groups is 1. The van der Waals surface area contributed by atoms with Crippen LogP contribution in [0, 0.1) is 32.1 Å². The molecule has 0 spiro atoms. The highest BCUT2D eigenvalue weighted by atomic mass is 16.3. The number of phenols is 1. The number of aromatic nitrogens is 1. The second kappa shape index (κ2) is 8.81. The van der Waals surface area contributed by atoms with Crippen LogP contribution in [0.5, 0.6) is 5.75 Å². The maximum Gasteiger partial charge on any atom is 0.132 e. The summed E-state index contributed by atoms with van der Waals surface area (Å²) in [7, 11) is 0. The Kier molecular flexibility index (Phi) is 5.67. The molecule has 0 saturated heterocycles. The zero-order valence-electron chi connectivity index (χ0n) is 20.3. The molecule has 0 aliphatic rings. The maximum absolute atomic E-state index is 10.8. The van der Waals surface area contributed by atoms with Gasteiger partial charge in [0.25, 0.3) is 0 Å². The molecule has 1 heterocycles. The maximum atomic E-state index is 10.8. The molecule has 4 aromatic carbocycles. The Labute approximate surface area is 206 Å². The summed E-state index contributed by atoms with van der Waals surface area (Å²) in [5.41, 5.74) is 7.61. The second-order valence-corrected chi connectivity index (χ2v) is 9.29. The van der Waals surface area contributed by atoms with Gasteiger partial charge in [-0.25, -0.2) is 0 Å². The Balaban J connectivity index is 1.77. The van der Waals surface area contributed by atoms with Gasteiger partial charge in [-0.15, -0.1) is 0 Å². The molecule has 1 N–H and O–H groups in total. The van der Waals surface area contributed by atoms with Crippen LogP contribution in [-0.4, -0.2) is 9.67 Å². The van der Waals surface area contributed by atoms with E-state index in [1.54, 1.807) is 12.1 Å². The zero-order chi connectivity index (χ0) is 24.6. The highest BCUT2D eigenvalue weighted by Crippen LogP contribution is 2.41. The van der Waals surface area contributed by atoms with Crippen molar-refractivity contribution in [1.29, 1.82) is 5.26 Å². The molecular formula is C32H28N2O. The van der Waals surface area contributed by atoms with Crippen molar-refractivity contribution in [3.8, 4) is 11.8 Å². The number of nitrogens with zero attached hydrogens (tertiary/aromatic N) is 2. The van der Waals surface area contributed by atoms with Crippen molar-refractivity contribution in [2.24, 2.45) is 0 Å². The molecule has 0 aliphatic carbocycles. The van der Waals surface area contributed by atoms with E-state index in [1.165, 1.54) is 22.2 Å². The lowest BCUT2D eigenvalue weighted by Crippen LogP contribution is -2.27. The van der Waals surface area contributed by atoms with Crippen LogP contribution < -0.4 is 0 Å². The molecule has 0 radical (unpaired) electrons. The van der Waals surface area contributed by atoms with Crippen LogP contribution in [0.2, 0.25) is 0 Å². The van der Waals surface area contributed by atoms with Gasteiger partial charge in [-0.05, 0) is 66.8 Å². The molecule has 1 aromatic heterocycles. The summed E-state index contributed by atoms with van der Waals surface area (Å²) < 4.78 is 2.34. The van der Waals surface area contributed by atoms with E-state index < -0.39 is 5.41 Å². The summed E-state index contributed by atoms with van der Waals surface area (Å²) in [6, 6.07) is 34.7. The van der Waals surface area contributed by atoms with Crippen LogP contribution in [0.3, 0.4) is 0 Å². The van der Waals surface area contributed by atoms with Crippen LogP contribution in [0.15, 0.2) is 97.1 Å². The summed E-state index contributed by atoms with van der Waals surface area (Å²) in [6.45, 7) is 7.14. The van der Waals surface area contributed by atoms with Crippen LogP contribution >= 0.6 is 0 Å². The van der Waals surface area contributed by atoms with Gasteiger partial charge in [-0.2, -0.15) is 5.26 Å². The Morgan fingerprint density at radius 3 is 2.00 bits per heavy atom. The smallest absolute Gasteiger partial charge is 0.132 e. The van der Waals surface area contributed by atoms with Gasteiger partial charge < -0.3 is 9.67 Å². The van der Waals surface area contributed by atoms with E-state index in [0.29, 0.717) is 0 Å².